The Hall–Kier alpha value is -2.36. The van der Waals surface area contributed by atoms with Crippen molar-refractivity contribution in [3.05, 3.63) is 47.3 Å². The number of aromatic nitrogens is 3. The molecular weight excluding hydrogens is 454 g/mol. The zero-order valence-electron chi connectivity index (χ0n) is 18.9. The molecule has 2 fully saturated rings. The Balaban J connectivity index is 1.21. The summed E-state index contributed by atoms with van der Waals surface area (Å²) in [5.74, 6) is 1.40. The van der Waals surface area contributed by atoms with Crippen LogP contribution < -0.4 is 4.90 Å². The summed E-state index contributed by atoms with van der Waals surface area (Å²) in [6.07, 6.45) is 2.33. The number of amides is 1. The normalized spacial score (nSPS) is 18.8. The minimum atomic E-state index is 0.160. The van der Waals surface area contributed by atoms with Gasteiger partial charge in [0.25, 0.3) is 0 Å². The molecule has 33 heavy (non-hydrogen) atoms. The number of ether oxygens (including phenoxy) is 1. The molecule has 0 radical (unpaired) electrons. The van der Waals surface area contributed by atoms with Gasteiger partial charge in [-0.05, 0) is 48.9 Å². The number of thiophene rings is 1. The van der Waals surface area contributed by atoms with Gasteiger partial charge in [-0.1, -0.05) is 30.0 Å². The Morgan fingerprint density at radius 2 is 2.06 bits per heavy atom. The van der Waals surface area contributed by atoms with E-state index in [-0.39, 0.29) is 12.0 Å². The maximum atomic E-state index is 13.0. The first-order valence-electron chi connectivity index (χ1n) is 11.5. The molecule has 4 heterocycles. The third kappa shape index (κ3) is 5.26. The number of nitrogens with zero attached hydrogens (tertiary/aromatic N) is 5. The Labute approximate surface area is 202 Å². The molecule has 3 aromatic rings. The van der Waals surface area contributed by atoms with Gasteiger partial charge >= 0.3 is 0 Å². The van der Waals surface area contributed by atoms with E-state index in [1.54, 1.807) is 11.3 Å². The number of hydrogen-bond acceptors (Lipinski definition) is 7. The molecule has 1 atom stereocenters. The number of rotatable bonds is 7. The molecule has 1 amide bonds. The van der Waals surface area contributed by atoms with Crippen LogP contribution in [0.5, 0.6) is 0 Å². The highest BCUT2D eigenvalue weighted by Gasteiger charge is 2.25. The number of piperazine rings is 1. The van der Waals surface area contributed by atoms with Crippen molar-refractivity contribution in [2.24, 2.45) is 0 Å². The topological polar surface area (TPSA) is 63.5 Å². The van der Waals surface area contributed by atoms with Crippen LogP contribution in [0.15, 0.2) is 46.9 Å². The van der Waals surface area contributed by atoms with Crippen molar-refractivity contribution >= 4 is 34.7 Å². The summed E-state index contributed by atoms with van der Waals surface area (Å²) in [7, 11) is 0. The summed E-state index contributed by atoms with van der Waals surface area (Å²) in [5.41, 5.74) is 2.50. The van der Waals surface area contributed by atoms with Crippen LogP contribution in [-0.2, 0) is 16.1 Å². The predicted molar refractivity (Wildman–Crippen MR) is 133 cm³/mol. The van der Waals surface area contributed by atoms with Gasteiger partial charge in [0, 0.05) is 38.5 Å². The Bertz CT molecular complexity index is 1070. The Morgan fingerprint density at radius 1 is 1.18 bits per heavy atom. The summed E-state index contributed by atoms with van der Waals surface area (Å²) in [4.78, 5) is 18.4. The standard InChI is InChI=1S/C24H29N5O2S2/c1-18-5-2-6-19(15-18)27-9-11-28(12-10-27)22(30)17-33-24-26-25-23(21-8-4-14-32-21)29(24)16-20-7-3-13-31-20/h2,4-6,8,14-15,20H,3,7,9-13,16-17H2,1H3. The van der Waals surface area contributed by atoms with E-state index in [9.17, 15) is 4.79 Å². The molecule has 0 bridgehead atoms. The molecule has 0 N–H and O–H groups in total. The van der Waals surface area contributed by atoms with E-state index in [4.69, 9.17) is 4.74 Å². The zero-order valence-corrected chi connectivity index (χ0v) is 20.5. The average Bonchev–Trinajstić information content (AvgIpc) is 3.61. The first-order chi connectivity index (χ1) is 16.2. The highest BCUT2D eigenvalue weighted by molar-refractivity contribution is 7.99. The van der Waals surface area contributed by atoms with Crippen molar-refractivity contribution in [3.63, 3.8) is 0 Å². The lowest BCUT2D eigenvalue weighted by molar-refractivity contribution is -0.128. The van der Waals surface area contributed by atoms with Gasteiger partial charge in [0.1, 0.15) is 0 Å². The van der Waals surface area contributed by atoms with Gasteiger partial charge < -0.3 is 14.5 Å². The third-order valence-electron chi connectivity index (χ3n) is 6.19. The second-order valence-corrected chi connectivity index (χ2v) is 10.4. The molecule has 174 valence electrons. The molecule has 0 saturated carbocycles. The summed E-state index contributed by atoms with van der Waals surface area (Å²) in [6.45, 7) is 6.87. The van der Waals surface area contributed by atoms with Gasteiger partial charge in [0.05, 0.1) is 23.3 Å². The molecule has 1 aromatic carbocycles. The lowest BCUT2D eigenvalue weighted by atomic mass is 10.2. The molecule has 2 aromatic heterocycles. The lowest BCUT2D eigenvalue weighted by Crippen LogP contribution is -2.49. The Kier molecular flexibility index (Phi) is 6.99. The lowest BCUT2D eigenvalue weighted by Gasteiger charge is -2.36. The van der Waals surface area contributed by atoms with E-state index in [1.165, 1.54) is 23.0 Å². The van der Waals surface area contributed by atoms with E-state index in [0.717, 1.165) is 68.0 Å². The van der Waals surface area contributed by atoms with Crippen LogP contribution in [0.4, 0.5) is 5.69 Å². The fourth-order valence-electron chi connectivity index (χ4n) is 4.40. The van der Waals surface area contributed by atoms with Gasteiger partial charge in [-0.25, -0.2) is 0 Å². The van der Waals surface area contributed by atoms with Crippen LogP contribution in [0.25, 0.3) is 10.7 Å². The summed E-state index contributed by atoms with van der Waals surface area (Å²) < 4.78 is 8.00. The third-order valence-corrected chi connectivity index (χ3v) is 8.01. The monoisotopic (exact) mass is 483 g/mol. The fourth-order valence-corrected chi connectivity index (χ4v) is 5.96. The van der Waals surface area contributed by atoms with Crippen LogP contribution in [0.1, 0.15) is 18.4 Å². The first kappa shape index (κ1) is 22.4. The molecule has 0 spiro atoms. The van der Waals surface area contributed by atoms with Crippen molar-refractivity contribution < 1.29 is 9.53 Å². The molecule has 1 unspecified atom stereocenters. The first-order valence-corrected chi connectivity index (χ1v) is 13.3. The maximum Gasteiger partial charge on any atom is 0.233 e. The molecule has 9 heteroatoms. The van der Waals surface area contributed by atoms with E-state index >= 15 is 0 Å². The molecule has 7 nitrogen and oxygen atoms in total. The van der Waals surface area contributed by atoms with E-state index in [1.807, 2.05) is 16.3 Å². The second kappa shape index (κ2) is 10.3. The molecular formula is C24H29N5O2S2. The number of hydrogen-bond donors (Lipinski definition) is 0. The number of benzene rings is 1. The average molecular weight is 484 g/mol. The predicted octanol–water partition coefficient (Wildman–Crippen LogP) is 3.93. The molecule has 0 aliphatic carbocycles. The zero-order chi connectivity index (χ0) is 22.6. The Morgan fingerprint density at radius 3 is 2.79 bits per heavy atom. The van der Waals surface area contributed by atoms with Crippen LogP contribution in [0.3, 0.4) is 0 Å². The number of aryl methyl sites for hydroxylation is 1. The van der Waals surface area contributed by atoms with Gasteiger partial charge in [0.15, 0.2) is 11.0 Å². The van der Waals surface area contributed by atoms with E-state index in [0.29, 0.717) is 5.75 Å². The minimum absolute atomic E-state index is 0.160. The number of carbonyl (C=O) groups is 1. The summed E-state index contributed by atoms with van der Waals surface area (Å²) in [6, 6.07) is 12.6. The highest BCUT2D eigenvalue weighted by Crippen LogP contribution is 2.29. The van der Waals surface area contributed by atoms with Crippen LogP contribution in [0.2, 0.25) is 0 Å². The van der Waals surface area contributed by atoms with Crippen molar-refractivity contribution in [2.45, 2.75) is 37.6 Å². The second-order valence-electron chi connectivity index (χ2n) is 8.52. The minimum Gasteiger partial charge on any atom is -0.376 e. The number of carbonyl (C=O) groups excluding carboxylic acids is 1. The molecule has 2 aliphatic heterocycles. The van der Waals surface area contributed by atoms with Crippen molar-refractivity contribution in [3.8, 4) is 10.7 Å². The largest absolute Gasteiger partial charge is 0.376 e. The van der Waals surface area contributed by atoms with Crippen LogP contribution >= 0.6 is 23.1 Å². The van der Waals surface area contributed by atoms with Crippen molar-refractivity contribution in [2.75, 3.05) is 43.4 Å². The summed E-state index contributed by atoms with van der Waals surface area (Å²) in [5, 5.41) is 11.7. The summed E-state index contributed by atoms with van der Waals surface area (Å²) >= 11 is 3.14. The quantitative estimate of drug-likeness (QED) is 0.475. The van der Waals surface area contributed by atoms with E-state index < -0.39 is 0 Å². The van der Waals surface area contributed by atoms with Crippen LogP contribution in [0, 0.1) is 6.92 Å². The van der Waals surface area contributed by atoms with Gasteiger partial charge in [-0.2, -0.15) is 0 Å². The SMILES string of the molecule is Cc1cccc(N2CCN(C(=O)CSc3nnc(-c4cccs4)n3CC3CCCO3)CC2)c1. The fraction of sp³-hybridized carbons (Fsp3) is 0.458. The van der Waals surface area contributed by atoms with Crippen molar-refractivity contribution in [1.29, 1.82) is 0 Å². The smallest absolute Gasteiger partial charge is 0.233 e. The highest BCUT2D eigenvalue weighted by atomic mass is 32.2. The number of anilines is 1. The number of thioether (sulfide) groups is 1. The molecule has 5 rings (SSSR count). The van der Waals surface area contributed by atoms with Gasteiger partial charge in [0.2, 0.25) is 5.91 Å². The van der Waals surface area contributed by atoms with Crippen molar-refractivity contribution in [1.82, 2.24) is 19.7 Å². The van der Waals surface area contributed by atoms with Crippen LogP contribution in [-0.4, -0.2) is 70.2 Å². The maximum absolute atomic E-state index is 13.0. The van der Waals surface area contributed by atoms with Gasteiger partial charge in [-0.3, -0.25) is 9.36 Å². The van der Waals surface area contributed by atoms with Gasteiger partial charge in [-0.15, -0.1) is 21.5 Å². The molecule has 2 saturated heterocycles. The molecule has 2 aliphatic rings. The van der Waals surface area contributed by atoms with E-state index in [2.05, 4.69) is 56.9 Å².